The van der Waals surface area contributed by atoms with Gasteiger partial charge in [0.15, 0.2) is 7.95 Å². The van der Waals surface area contributed by atoms with Crippen LogP contribution < -0.4 is 0 Å². The van der Waals surface area contributed by atoms with Gasteiger partial charge in [-0.1, -0.05) is 0 Å². The second-order valence-electron chi connectivity index (χ2n) is 0.708. The van der Waals surface area contributed by atoms with Crippen LogP contribution in [0, 0.1) is 0 Å². The third kappa shape index (κ3) is 3.54. The second-order valence-corrected chi connectivity index (χ2v) is 1.95. The number of azide groups is 1. The summed E-state index contributed by atoms with van der Waals surface area (Å²) in [6, 6.07) is 0. The van der Waals surface area contributed by atoms with E-state index in [-0.39, 0.29) is 0 Å². The van der Waals surface area contributed by atoms with Gasteiger partial charge in [-0.05, 0) is 17.1 Å². The normalized spacial score (nSPS) is 12.2. The topological polar surface area (TPSA) is 65.8 Å². The molecule has 0 aromatic rings. The van der Waals surface area contributed by atoms with Crippen molar-refractivity contribution in [2.45, 2.75) is 0 Å². The van der Waals surface area contributed by atoms with Crippen LogP contribution in [0.5, 0.6) is 0 Å². The van der Waals surface area contributed by atoms with Gasteiger partial charge in [0.05, 0.1) is 0 Å². The molecule has 4 nitrogen and oxygen atoms in total. The molecule has 0 fully saturated rings. The van der Waals surface area contributed by atoms with Crippen LogP contribution in [0.4, 0.5) is 0 Å². The molecule has 1 unspecified atom stereocenters. The van der Waals surface area contributed by atoms with E-state index in [1.807, 2.05) is 0 Å². The van der Waals surface area contributed by atoms with Crippen LogP contribution in [0.1, 0.15) is 0 Å². The average molecular weight is 105 g/mol. The van der Waals surface area contributed by atoms with Crippen LogP contribution in [-0.4, -0.2) is 6.66 Å². The van der Waals surface area contributed by atoms with Gasteiger partial charge in [-0.3, -0.25) is 0 Å². The Labute approximate surface area is 35.6 Å². The Hall–Kier alpha value is -0.460. The highest BCUT2D eigenvalue weighted by Gasteiger charge is 1.71. The summed E-state index contributed by atoms with van der Waals surface area (Å²) < 4.78 is 9.81. The Morgan fingerprint density at radius 2 is 2.50 bits per heavy atom. The summed E-state index contributed by atoms with van der Waals surface area (Å²) in [5, 5.41) is 0. The Morgan fingerprint density at radius 3 is 2.50 bits per heavy atom. The van der Waals surface area contributed by atoms with E-state index in [2.05, 4.69) is 9.80 Å². The molecule has 0 amide bonds. The van der Waals surface area contributed by atoms with E-state index in [4.69, 9.17) is 5.53 Å². The average Bonchev–Trinajstić information content (AvgIpc) is 1.35. The lowest BCUT2D eigenvalue weighted by molar-refractivity contribution is 0.592. The molecule has 0 aliphatic heterocycles. The van der Waals surface area contributed by atoms with Crippen molar-refractivity contribution < 1.29 is 4.57 Å². The van der Waals surface area contributed by atoms with Crippen LogP contribution >= 0.6 is 7.95 Å². The molecule has 0 rings (SSSR count). The molecule has 6 heavy (non-hydrogen) atoms. The Balaban J connectivity index is 3.60. The minimum atomic E-state index is -1.93. The summed E-state index contributed by atoms with van der Waals surface area (Å²) in [5.74, 6) is 0. The summed E-state index contributed by atoms with van der Waals surface area (Å²) >= 11 is 0. The molecule has 0 radical (unpaired) electrons. The molecule has 1 atom stereocenters. The molecule has 0 aromatic carbocycles. The van der Waals surface area contributed by atoms with Gasteiger partial charge in [-0.15, -0.1) is 0 Å². The lowest BCUT2D eigenvalue weighted by atomic mass is 12.0. The lowest BCUT2D eigenvalue weighted by Crippen LogP contribution is -1.33. The molecule has 0 bridgehead atoms. The maximum absolute atomic E-state index is 9.81. The van der Waals surface area contributed by atoms with Crippen LogP contribution in [0.25, 0.3) is 10.4 Å². The largest absolute Gasteiger partial charge is 0.320 e. The number of hydrogen-bond donors (Lipinski definition) is 0. The van der Waals surface area contributed by atoms with E-state index in [0.29, 0.717) is 0 Å². The number of nitrogens with zero attached hydrogens (tertiary/aromatic N) is 3. The first-order valence-corrected chi connectivity index (χ1v) is 3.18. The van der Waals surface area contributed by atoms with Crippen LogP contribution in [0.15, 0.2) is 4.88 Å². The first-order valence-electron chi connectivity index (χ1n) is 1.33. The Bertz CT molecular complexity index is 103. The summed E-state index contributed by atoms with van der Waals surface area (Å²) in [5.41, 5.74) is 7.52. The highest BCUT2D eigenvalue weighted by molar-refractivity contribution is 7.41. The smallest absolute Gasteiger partial charge is 0.159 e. The summed E-state index contributed by atoms with van der Waals surface area (Å²) in [6.07, 6.45) is 0. The maximum Gasteiger partial charge on any atom is 0.159 e. The van der Waals surface area contributed by atoms with Crippen LogP contribution in [0.3, 0.4) is 0 Å². The van der Waals surface area contributed by atoms with Gasteiger partial charge in [-0.2, -0.15) is 0 Å². The molecule has 5 heteroatoms. The third-order valence-corrected chi connectivity index (χ3v) is 0.557. The predicted molar refractivity (Wildman–Crippen MR) is 24.1 cm³/mol. The van der Waals surface area contributed by atoms with Gasteiger partial charge in [0, 0.05) is 4.91 Å². The minimum Gasteiger partial charge on any atom is -0.320 e. The zero-order chi connectivity index (χ0) is 4.99. The van der Waals surface area contributed by atoms with Gasteiger partial charge in [0.25, 0.3) is 0 Å². The van der Waals surface area contributed by atoms with E-state index in [1.165, 1.54) is 6.66 Å². The molecule has 0 spiro atoms. The molecular formula is CH4N3OP. The van der Waals surface area contributed by atoms with E-state index < -0.39 is 7.95 Å². The number of hydrogen-bond acceptors (Lipinski definition) is 1. The standard InChI is InChI=1S/CH4N3OP/c1-6(5)4-3-2/h6H,1H3. The van der Waals surface area contributed by atoms with Crippen molar-refractivity contribution in [3.05, 3.63) is 10.4 Å². The van der Waals surface area contributed by atoms with Gasteiger partial charge in [0.2, 0.25) is 0 Å². The van der Waals surface area contributed by atoms with Gasteiger partial charge in [-0.25, -0.2) is 0 Å². The summed E-state index contributed by atoms with van der Waals surface area (Å²) in [4.78, 5) is 5.14. The van der Waals surface area contributed by atoms with Crippen LogP contribution in [0.2, 0.25) is 0 Å². The van der Waals surface area contributed by atoms with Crippen molar-refractivity contribution in [3.63, 3.8) is 0 Å². The fraction of sp³-hybridized carbons (Fsp3) is 1.00. The molecule has 0 heterocycles. The first-order chi connectivity index (χ1) is 2.77. The highest BCUT2D eigenvalue weighted by Crippen LogP contribution is 2.13. The van der Waals surface area contributed by atoms with Crippen molar-refractivity contribution in [2.24, 2.45) is 4.88 Å². The monoisotopic (exact) mass is 105 g/mol. The van der Waals surface area contributed by atoms with Crippen molar-refractivity contribution in [1.29, 1.82) is 0 Å². The predicted octanol–water partition coefficient (Wildman–Crippen LogP) is 1.40. The third-order valence-electron chi connectivity index (χ3n) is 0.186. The van der Waals surface area contributed by atoms with E-state index in [9.17, 15) is 4.57 Å². The Morgan fingerprint density at radius 1 is 2.00 bits per heavy atom. The van der Waals surface area contributed by atoms with E-state index in [1.54, 1.807) is 0 Å². The van der Waals surface area contributed by atoms with Crippen LogP contribution in [-0.2, 0) is 4.57 Å². The fourth-order valence-electron chi connectivity index (χ4n) is 0.0630. The lowest BCUT2D eigenvalue weighted by Gasteiger charge is -1.64. The zero-order valence-electron chi connectivity index (χ0n) is 3.25. The number of rotatable bonds is 1. The zero-order valence-corrected chi connectivity index (χ0v) is 4.25. The molecule has 0 saturated carbocycles. The molecule has 0 saturated heterocycles. The van der Waals surface area contributed by atoms with Gasteiger partial charge in [0.1, 0.15) is 0 Å². The molecule has 0 N–H and O–H groups in total. The second kappa shape index (κ2) is 2.76. The first kappa shape index (κ1) is 5.54. The molecule has 0 aromatic heterocycles. The van der Waals surface area contributed by atoms with Gasteiger partial charge < -0.3 is 4.57 Å². The summed E-state index contributed by atoms with van der Waals surface area (Å²) in [6.45, 7) is 1.38. The quantitative estimate of drug-likeness (QED) is 0.215. The Kier molecular flexibility index (Phi) is 2.55. The van der Waals surface area contributed by atoms with E-state index >= 15 is 0 Å². The van der Waals surface area contributed by atoms with Gasteiger partial charge >= 0.3 is 0 Å². The maximum atomic E-state index is 9.81. The minimum absolute atomic E-state index is 1.38. The van der Waals surface area contributed by atoms with Crippen molar-refractivity contribution >= 4 is 7.95 Å². The van der Waals surface area contributed by atoms with E-state index in [0.717, 1.165) is 0 Å². The summed E-state index contributed by atoms with van der Waals surface area (Å²) in [7, 11) is -1.93. The molecule has 0 aliphatic rings. The highest BCUT2D eigenvalue weighted by atomic mass is 31.1. The molecule has 34 valence electrons. The SMILES string of the molecule is C[PH](=O)N=[N+]=[N-]. The fourth-order valence-corrected chi connectivity index (χ4v) is 0.189. The van der Waals surface area contributed by atoms with Crippen molar-refractivity contribution in [3.8, 4) is 0 Å². The van der Waals surface area contributed by atoms with Crippen molar-refractivity contribution in [2.75, 3.05) is 6.66 Å². The molecule has 0 aliphatic carbocycles. The molecular weight excluding hydrogens is 101 g/mol. The van der Waals surface area contributed by atoms with Crippen molar-refractivity contribution in [1.82, 2.24) is 0 Å².